The Morgan fingerprint density at radius 2 is 2.21 bits per heavy atom. The number of likely N-dealkylation sites (tertiary alicyclic amines) is 1. The smallest absolute Gasteiger partial charge is 0.00702 e. The molecule has 0 aromatic carbocycles. The quantitative estimate of drug-likeness (QED) is 0.682. The SMILES string of the molecule is CNCCCC(C)N1CCCCC1C. The Morgan fingerprint density at radius 1 is 1.43 bits per heavy atom. The van der Waals surface area contributed by atoms with Crippen LogP contribution in [0, 0.1) is 0 Å². The van der Waals surface area contributed by atoms with E-state index in [1.54, 1.807) is 0 Å². The van der Waals surface area contributed by atoms with Crippen molar-refractivity contribution in [1.29, 1.82) is 0 Å². The molecule has 0 radical (unpaired) electrons. The fourth-order valence-corrected chi connectivity index (χ4v) is 2.52. The molecule has 1 fully saturated rings. The summed E-state index contributed by atoms with van der Waals surface area (Å²) in [4.78, 5) is 2.69. The average Bonchev–Trinajstić information content (AvgIpc) is 2.18. The fraction of sp³-hybridized carbons (Fsp3) is 1.00. The van der Waals surface area contributed by atoms with Crippen molar-refractivity contribution >= 4 is 0 Å². The summed E-state index contributed by atoms with van der Waals surface area (Å²) in [6.45, 7) is 7.25. The van der Waals surface area contributed by atoms with Crippen LogP contribution in [0.2, 0.25) is 0 Å². The molecule has 0 aromatic heterocycles. The largest absolute Gasteiger partial charge is 0.320 e. The number of hydrogen-bond acceptors (Lipinski definition) is 2. The third-order valence-corrected chi connectivity index (χ3v) is 3.47. The summed E-state index contributed by atoms with van der Waals surface area (Å²) >= 11 is 0. The molecule has 0 saturated carbocycles. The van der Waals surface area contributed by atoms with Gasteiger partial charge in [0.1, 0.15) is 0 Å². The molecule has 14 heavy (non-hydrogen) atoms. The first-order valence-electron chi connectivity index (χ1n) is 6.16. The molecule has 2 heteroatoms. The number of piperidine rings is 1. The monoisotopic (exact) mass is 198 g/mol. The van der Waals surface area contributed by atoms with Crippen LogP contribution in [0.5, 0.6) is 0 Å². The Labute approximate surface area is 89.1 Å². The van der Waals surface area contributed by atoms with Gasteiger partial charge in [-0.25, -0.2) is 0 Å². The molecule has 84 valence electrons. The lowest BCUT2D eigenvalue weighted by molar-refractivity contribution is 0.108. The molecule has 1 saturated heterocycles. The molecule has 2 unspecified atom stereocenters. The van der Waals surface area contributed by atoms with Crippen molar-refractivity contribution in [3.05, 3.63) is 0 Å². The molecular formula is C12H26N2. The summed E-state index contributed by atoms with van der Waals surface area (Å²) in [5.41, 5.74) is 0. The molecule has 2 nitrogen and oxygen atoms in total. The Bertz CT molecular complexity index is 147. The van der Waals surface area contributed by atoms with Gasteiger partial charge in [-0.2, -0.15) is 0 Å². The lowest BCUT2D eigenvalue weighted by Gasteiger charge is -2.38. The average molecular weight is 198 g/mol. The molecular weight excluding hydrogens is 172 g/mol. The van der Waals surface area contributed by atoms with Crippen molar-refractivity contribution in [3.63, 3.8) is 0 Å². The van der Waals surface area contributed by atoms with E-state index in [-0.39, 0.29) is 0 Å². The van der Waals surface area contributed by atoms with Gasteiger partial charge in [0.05, 0.1) is 0 Å². The summed E-state index contributed by atoms with van der Waals surface area (Å²) < 4.78 is 0. The lowest BCUT2D eigenvalue weighted by Crippen LogP contribution is -2.43. The minimum Gasteiger partial charge on any atom is -0.320 e. The normalized spacial score (nSPS) is 26.4. The standard InChI is InChI=1S/C12H26N2/c1-11-7-4-5-10-14(11)12(2)8-6-9-13-3/h11-13H,4-10H2,1-3H3. The molecule has 0 bridgehead atoms. The predicted octanol–water partition coefficient (Wildman–Crippen LogP) is 2.25. The maximum atomic E-state index is 3.22. The summed E-state index contributed by atoms with van der Waals surface area (Å²) in [7, 11) is 2.04. The van der Waals surface area contributed by atoms with Gasteiger partial charge in [0.15, 0.2) is 0 Å². The second-order valence-electron chi connectivity index (χ2n) is 4.68. The first-order valence-corrected chi connectivity index (χ1v) is 6.16. The van der Waals surface area contributed by atoms with Gasteiger partial charge in [0.2, 0.25) is 0 Å². The van der Waals surface area contributed by atoms with Gasteiger partial charge < -0.3 is 5.32 Å². The molecule has 0 amide bonds. The Hall–Kier alpha value is -0.0800. The van der Waals surface area contributed by atoms with Gasteiger partial charge in [-0.05, 0) is 59.7 Å². The zero-order valence-corrected chi connectivity index (χ0v) is 10.1. The number of nitrogens with zero attached hydrogens (tertiary/aromatic N) is 1. The maximum Gasteiger partial charge on any atom is 0.00702 e. The van der Waals surface area contributed by atoms with E-state index in [4.69, 9.17) is 0 Å². The molecule has 1 aliphatic heterocycles. The number of rotatable bonds is 5. The van der Waals surface area contributed by atoms with E-state index in [1.165, 1.54) is 38.6 Å². The topological polar surface area (TPSA) is 15.3 Å². The van der Waals surface area contributed by atoms with Crippen LogP contribution in [0.4, 0.5) is 0 Å². The van der Waals surface area contributed by atoms with Gasteiger partial charge in [-0.3, -0.25) is 4.90 Å². The van der Waals surface area contributed by atoms with E-state index >= 15 is 0 Å². The summed E-state index contributed by atoms with van der Waals surface area (Å²) in [5, 5.41) is 3.22. The van der Waals surface area contributed by atoms with Crippen LogP contribution in [-0.4, -0.2) is 37.1 Å². The second kappa shape index (κ2) is 6.41. The van der Waals surface area contributed by atoms with E-state index < -0.39 is 0 Å². The minimum absolute atomic E-state index is 0.777. The highest BCUT2D eigenvalue weighted by atomic mass is 15.2. The van der Waals surface area contributed by atoms with Crippen LogP contribution >= 0.6 is 0 Å². The van der Waals surface area contributed by atoms with Gasteiger partial charge in [0, 0.05) is 12.1 Å². The Morgan fingerprint density at radius 3 is 2.86 bits per heavy atom. The van der Waals surface area contributed by atoms with Crippen molar-refractivity contribution in [2.75, 3.05) is 20.1 Å². The van der Waals surface area contributed by atoms with Crippen molar-refractivity contribution in [2.24, 2.45) is 0 Å². The third kappa shape index (κ3) is 3.58. The van der Waals surface area contributed by atoms with E-state index in [2.05, 4.69) is 24.1 Å². The number of hydrogen-bond donors (Lipinski definition) is 1. The van der Waals surface area contributed by atoms with Crippen LogP contribution in [0.25, 0.3) is 0 Å². The van der Waals surface area contributed by atoms with E-state index in [0.29, 0.717) is 0 Å². The van der Waals surface area contributed by atoms with Crippen LogP contribution < -0.4 is 5.32 Å². The summed E-state index contributed by atoms with van der Waals surface area (Å²) in [6.07, 6.45) is 6.88. The van der Waals surface area contributed by atoms with Crippen LogP contribution in [0.15, 0.2) is 0 Å². The maximum absolute atomic E-state index is 3.22. The second-order valence-corrected chi connectivity index (χ2v) is 4.68. The summed E-state index contributed by atoms with van der Waals surface area (Å²) in [5.74, 6) is 0. The molecule has 1 aliphatic rings. The molecule has 0 aromatic rings. The molecule has 1 rings (SSSR count). The first-order chi connectivity index (χ1) is 6.75. The highest BCUT2D eigenvalue weighted by Gasteiger charge is 2.22. The van der Waals surface area contributed by atoms with Crippen LogP contribution in [0.3, 0.4) is 0 Å². The molecule has 0 spiro atoms. The van der Waals surface area contributed by atoms with Gasteiger partial charge >= 0.3 is 0 Å². The highest BCUT2D eigenvalue weighted by Crippen LogP contribution is 2.20. The summed E-state index contributed by atoms with van der Waals surface area (Å²) in [6, 6.07) is 1.59. The fourth-order valence-electron chi connectivity index (χ4n) is 2.52. The van der Waals surface area contributed by atoms with Gasteiger partial charge in [0.25, 0.3) is 0 Å². The van der Waals surface area contributed by atoms with Crippen LogP contribution in [-0.2, 0) is 0 Å². The molecule has 1 N–H and O–H groups in total. The number of nitrogens with one attached hydrogen (secondary N) is 1. The van der Waals surface area contributed by atoms with E-state index in [9.17, 15) is 0 Å². The van der Waals surface area contributed by atoms with Crippen molar-refractivity contribution < 1.29 is 0 Å². The first kappa shape index (κ1) is 12.0. The minimum atomic E-state index is 0.777. The zero-order valence-electron chi connectivity index (χ0n) is 10.1. The van der Waals surface area contributed by atoms with Gasteiger partial charge in [-0.15, -0.1) is 0 Å². The third-order valence-electron chi connectivity index (χ3n) is 3.47. The van der Waals surface area contributed by atoms with Crippen molar-refractivity contribution in [1.82, 2.24) is 10.2 Å². The van der Waals surface area contributed by atoms with Crippen molar-refractivity contribution in [2.45, 2.75) is 58.0 Å². The molecule has 2 atom stereocenters. The molecule has 1 heterocycles. The Kier molecular flexibility index (Phi) is 5.49. The van der Waals surface area contributed by atoms with Crippen molar-refractivity contribution in [3.8, 4) is 0 Å². The van der Waals surface area contributed by atoms with E-state index in [0.717, 1.165) is 18.6 Å². The Balaban J connectivity index is 2.23. The highest BCUT2D eigenvalue weighted by molar-refractivity contribution is 4.77. The predicted molar refractivity (Wildman–Crippen MR) is 62.6 cm³/mol. The molecule has 0 aliphatic carbocycles. The van der Waals surface area contributed by atoms with Crippen LogP contribution in [0.1, 0.15) is 46.0 Å². The van der Waals surface area contributed by atoms with Gasteiger partial charge in [-0.1, -0.05) is 6.42 Å². The van der Waals surface area contributed by atoms with E-state index in [1.807, 2.05) is 7.05 Å². The zero-order chi connectivity index (χ0) is 10.4. The lowest BCUT2D eigenvalue weighted by atomic mass is 10.00.